The zero-order chi connectivity index (χ0) is 16.4. The Hall–Kier alpha value is -2.66. The molecule has 0 bridgehead atoms. The number of benzene rings is 1. The van der Waals surface area contributed by atoms with E-state index in [1.165, 1.54) is 10.9 Å². The van der Waals surface area contributed by atoms with Gasteiger partial charge in [0.2, 0.25) is 5.95 Å². The summed E-state index contributed by atoms with van der Waals surface area (Å²) in [6.07, 6.45) is 5.90. The number of aromatic nitrogens is 3. The molecule has 0 amide bonds. The van der Waals surface area contributed by atoms with Gasteiger partial charge in [0.25, 0.3) is 0 Å². The van der Waals surface area contributed by atoms with Crippen LogP contribution in [-0.4, -0.2) is 40.8 Å². The van der Waals surface area contributed by atoms with Crippen LogP contribution < -0.4 is 4.90 Å². The summed E-state index contributed by atoms with van der Waals surface area (Å²) < 4.78 is 7.62. The molecule has 0 N–H and O–H groups in total. The van der Waals surface area contributed by atoms with Gasteiger partial charge in [0.1, 0.15) is 0 Å². The number of hydrogen-bond donors (Lipinski definition) is 0. The fourth-order valence-electron chi connectivity index (χ4n) is 3.16. The molecule has 1 fully saturated rings. The predicted molar refractivity (Wildman–Crippen MR) is 96.2 cm³/mol. The normalized spacial score (nSPS) is 14.9. The molecule has 3 heterocycles. The SMILES string of the molecule is C=CCn1cc(-c2ccnc(N3CCOCC3)n2)c2ccccc21. The van der Waals surface area contributed by atoms with Crippen LogP contribution >= 0.6 is 0 Å². The van der Waals surface area contributed by atoms with E-state index < -0.39 is 0 Å². The summed E-state index contributed by atoms with van der Waals surface area (Å²) >= 11 is 0. The molecule has 122 valence electrons. The number of nitrogens with zero attached hydrogens (tertiary/aromatic N) is 4. The van der Waals surface area contributed by atoms with Crippen molar-refractivity contribution in [3.8, 4) is 11.3 Å². The molecule has 1 aliphatic heterocycles. The van der Waals surface area contributed by atoms with Gasteiger partial charge in [0, 0.05) is 48.5 Å². The molecule has 0 spiro atoms. The van der Waals surface area contributed by atoms with Gasteiger partial charge in [-0.1, -0.05) is 24.3 Å². The van der Waals surface area contributed by atoms with Gasteiger partial charge in [-0.05, 0) is 12.1 Å². The van der Waals surface area contributed by atoms with Crippen LogP contribution in [0.2, 0.25) is 0 Å². The van der Waals surface area contributed by atoms with E-state index in [0.29, 0.717) is 0 Å². The molecule has 1 aromatic carbocycles. The van der Waals surface area contributed by atoms with Crippen LogP contribution in [0.4, 0.5) is 5.95 Å². The van der Waals surface area contributed by atoms with Crippen molar-refractivity contribution in [2.75, 3.05) is 31.2 Å². The van der Waals surface area contributed by atoms with Gasteiger partial charge >= 0.3 is 0 Å². The van der Waals surface area contributed by atoms with E-state index in [2.05, 4.69) is 51.5 Å². The van der Waals surface area contributed by atoms with Crippen molar-refractivity contribution in [2.24, 2.45) is 0 Å². The molecular weight excluding hydrogens is 300 g/mol. The third-order valence-corrected chi connectivity index (χ3v) is 4.33. The predicted octanol–water partition coefficient (Wildman–Crippen LogP) is 3.12. The van der Waals surface area contributed by atoms with E-state index in [9.17, 15) is 0 Å². The highest BCUT2D eigenvalue weighted by molar-refractivity contribution is 5.95. The molecule has 5 heteroatoms. The largest absolute Gasteiger partial charge is 0.378 e. The maximum Gasteiger partial charge on any atom is 0.226 e. The van der Waals surface area contributed by atoms with Crippen LogP contribution in [0.1, 0.15) is 0 Å². The summed E-state index contributed by atoms with van der Waals surface area (Å²) in [4.78, 5) is 11.4. The molecule has 0 aliphatic carbocycles. The zero-order valence-electron chi connectivity index (χ0n) is 13.6. The van der Waals surface area contributed by atoms with E-state index in [-0.39, 0.29) is 0 Å². The second-order valence-corrected chi connectivity index (χ2v) is 5.84. The first kappa shape index (κ1) is 14.9. The molecule has 3 aromatic rings. The van der Waals surface area contributed by atoms with Gasteiger partial charge in [-0.3, -0.25) is 0 Å². The molecule has 4 rings (SSSR count). The van der Waals surface area contributed by atoms with Gasteiger partial charge in [0.05, 0.1) is 18.9 Å². The molecule has 1 saturated heterocycles. The fourth-order valence-corrected chi connectivity index (χ4v) is 3.16. The lowest BCUT2D eigenvalue weighted by Crippen LogP contribution is -2.37. The lowest BCUT2D eigenvalue weighted by molar-refractivity contribution is 0.122. The van der Waals surface area contributed by atoms with Gasteiger partial charge in [0.15, 0.2) is 0 Å². The van der Waals surface area contributed by atoms with Crippen molar-refractivity contribution >= 4 is 16.9 Å². The van der Waals surface area contributed by atoms with Crippen molar-refractivity contribution in [3.63, 3.8) is 0 Å². The Bertz CT molecular complexity index is 865. The van der Waals surface area contributed by atoms with Crippen molar-refractivity contribution in [1.29, 1.82) is 0 Å². The second kappa shape index (κ2) is 6.45. The lowest BCUT2D eigenvalue weighted by atomic mass is 10.1. The molecule has 1 aliphatic rings. The third kappa shape index (κ3) is 2.67. The van der Waals surface area contributed by atoms with Crippen LogP contribution in [0.15, 0.2) is 55.4 Å². The Morgan fingerprint density at radius 2 is 2.00 bits per heavy atom. The molecule has 0 radical (unpaired) electrons. The fraction of sp³-hybridized carbons (Fsp3) is 0.263. The first-order valence-electron chi connectivity index (χ1n) is 8.21. The summed E-state index contributed by atoms with van der Waals surface area (Å²) in [5, 5.41) is 1.20. The van der Waals surface area contributed by atoms with Gasteiger partial charge in [-0.2, -0.15) is 0 Å². The van der Waals surface area contributed by atoms with Crippen LogP contribution in [-0.2, 0) is 11.3 Å². The van der Waals surface area contributed by atoms with E-state index in [1.54, 1.807) is 0 Å². The highest BCUT2D eigenvalue weighted by Gasteiger charge is 2.16. The van der Waals surface area contributed by atoms with E-state index in [4.69, 9.17) is 9.72 Å². The lowest BCUT2D eigenvalue weighted by Gasteiger charge is -2.26. The molecule has 0 unspecified atom stereocenters. The average Bonchev–Trinajstić information content (AvgIpc) is 3.02. The summed E-state index contributed by atoms with van der Waals surface area (Å²) in [5.41, 5.74) is 3.27. The van der Waals surface area contributed by atoms with Crippen LogP contribution in [0.3, 0.4) is 0 Å². The first-order valence-corrected chi connectivity index (χ1v) is 8.21. The Morgan fingerprint density at radius 3 is 2.83 bits per heavy atom. The molecule has 24 heavy (non-hydrogen) atoms. The molecular formula is C19H20N4O. The monoisotopic (exact) mass is 320 g/mol. The minimum Gasteiger partial charge on any atom is -0.378 e. The second-order valence-electron chi connectivity index (χ2n) is 5.84. The number of fused-ring (bicyclic) bond motifs is 1. The van der Waals surface area contributed by atoms with E-state index >= 15 is 0 Å². The highest BCUT2D eigenvalue weighted by atomic mass is 16.5. The van der Waals surface area contributed by atoms with Crippen LogP contribution in [0.5, 0.6) is 0 Å². The number of rotatable bonds is 4. The number of morpholine rings is 1. The Labute approximate surface area is 141 Å². The summed E-state index contributed by atoms with van der Waals surface area (Å²) in [6, 6.07) is 10.4. The van der Waals surface area contributed by atoms with E-state index in [1.807, 2.05) is 18.3 Å². The number of hydrogen-bond acceptors (Lipinski definition) is 4. The zero-order valence-corrected chi connectivity index (χ0v) is 13.6. The van der Waals surface area contributed by atoms with Crippen molar-refractivity contribution in [2.45, 2.75) is 6.54 Å². The van der Waals surface area contributed by atoms with Gasteiger partial charge in [-0.15, -0.1) is 6.58 Å². The van der Waals surface area contributed by atoms with E-state index in [0.717, 1.165) is 50.1 Å². The van der Waals surface area contributed by atoms with Crippen LogP contribution in [0.25, 0.3) is 22.2 Å². The number of para-hydroxylation sites is 1. The number of ether oxygens (including phenoxy) is 1. The maximum atomic E-state index is 5.41. The summed E-state index contributed by atoms with van der Waals surface area (Å²) in [5.74, 6) is 0.774. The van der Waals surface area contributed by atoms with Gasteiger partial charge in [-0.25, -0.2) is 9.97 Å². The number of anilines is 1. The minimum atomic E-state index is 0.728. The standard InChI is InChI=1S/C19H20N4O/c1-2-9-23-14-16(15-5-3-4-6-18(15)23)17-7-8-20-19(21-17)22-10-12-24-13-11-22/h2-8,14H,1,9-13H2. The third-order valence-electron chi connectivity index (χ3n) is 4.33. The Kier molecular flexibility index (Phi) is 4.01. The molecule has 5 nitrogen and oxygen atoms in total. The molecule has 0 atom stereocenters. The molecule has 2 aromatic heterocycles. The Morgan fingerprint density at radius 1 is 1.17 bits per heavy atom. The summed E-state index contributed by atoms with van der Waals surface area (Å²) in [7, 11) is 0. The van der Waals surface area contributed by atoms with Crippen molar-refractivity contribution < 1.29 is 4.74 Å². The van der Waals surface area contributed by atoms with Crippen molar-refractivity contribution in [3.05, 3.63) is 55.4 Å². The van der Waals surface area contributed by atoms with Crippen LogP contribution in [0, 0.1) is 0 Å². The quantitative estimate of drug-likeness (QED) is 0.693. The van der Waals surface area contributed by atoms with Crippen molar-refractivity contribution in [1.82, 2.24) is 14.5 Å². The molecule has 0 saturated carbocycles. The first-order chi connectivity index (χ1) is 11.9. The average molecular weight is 320 g/mol. The smallest absolute Gasteiger partial charge is 0.226 e. The topological polar surface area (TPSA) is 43.2 Å². The summed E-state index contributed by atoms with van der Waals surface area (Å²) in [6.45, 7) is 7.76. The number of allylic oxidation sites excluding steroid dienone is 1. The maximum absolute atomic E-state index is 5.41. The van der Waals surface area contributed by atoms with Gasteiger partial charge < -0.3 is 14.2 Å². The Balaban J connectivity index is 1.78. The minimum absolute atomic E-state index is 0.728. The highest BCUT2D eigenvalue weighted by Crippen LogP contribution is 2.30.